The van der Waals surface area contributed by atoms with E-state index in [1.165, 1.54) is 35.2 Å². The van der Waals surface area contributed by atoms with Crippen molar-refractivity contribution in [2.45, 2.75) is 44.2 Å². The average Bonchev–Trinajstić information content (AvgIpc) is 3.24. The molecule has 1 N–H and O–H groups in total. The second-order valence-electron chi connectivity index (χ2n) is 6.15. The number of nitrogens with zero attached hydrogens (tertiary/aromatic N) is 1. The van der Waals surface area contributed by atoms with Crippen LogP contribution in [0.2, 0.25) is 5.02 Å². The number of aromatic nitrogens is 1. The summed E-state index contributed by atoms with van der Waals surface area (Å²) in [5, 5.41) is 4.42. The van der Waals surface area contributed by atoms with Crippen molar-refractivity contribution in [3.63, 3.8) is 0 Å². The molecule has 0 aliphatic heterocycles. The van der Waals surface area contributed by atoms with Gasteiger partial charge in [0.2, 0.25) is 0 Å². The summed E-state index contributed by atoms with van der Waals surface area (Å²) in [6.45, 7) is 0.921. The third-order valence-corrected chi connectivity index (χ3v) is 4.90. The fourth-order valence-electron chi connectivity index (χ4n) is 3.23. The number of aryl methyl sites for hydroxylation is 1. The molecule has 0 spiro atoms. The summed E-state index contributed by atoms with van der Waals surface area (Å²) in [4.78, 5) is 4.58. The normalized spacial score (nSPS) is 20.5. The van der Waals surface area contributed by atoms with E-state index in [0.717, 1.165) is 30.5 Å². The van der Waals surface area contributed by atoms with Crippen LogP contribution in [-0.4, -0.2) is 11.0 Å². The first-order valence-corrected chi connectivity index (χ1v) is 8.14. The van der Waals surface area contributed by atoms with Gasteiger partial charge in [-0.3, -0.25) is 4.98 Å². The number of benzene rings is 1. The molecular weight excluding hydrogens is 280 g/mol. The van der Waals surface area contributed by atoms with Gasteiger partial charge in [-0.2, -0.15) is 0 Å². The lowest BCUT2D eigenvalue weighted by Crippen LogP contribution is -2.15. The molecule has 108 valence electrons. The maximum absolute atomic E-state index is 6.55. The summed E-state index contributed by atoms with van der Waals surface area (Å²) >= 11 is 6.55. The Labute approximate surface area is 130 Å². The van der Waals surface area contributed by atoms with E-state index in [-0.39, 0.29) is 0 Å². The minimum atomic E-state index is 0.360. The van der Waals surface area contributed by atoms with Gasteiger partial charge in [0, 0.05) is 29.7 Å². The third kappa shape index (κ3) is 2.70. The highest BCUT2D eigenvalue weighted by atomic mass is 35.5. The number of hydrogen-bond acceptors (Lipinski definition) is 2. The molecule has 1 aromatic carbocycles. The number of nitrogens with one attached hydrogen (secondary N) is 1. The van der Waals surface area contributed by atoms with Gasteiger partial charge >= 0.3 is 0 Å². The summed E-state index contributed by atoms with van der Waals surface area (Å²) in [6, 6.07) is 11.5. The van der Waals surface area contributed by atoms with Gasteiger partial charge in [-0.1, -0.05) is 29.8 Å². The molecule has 0 amide bonds. The molecule has 0 radical (unpaired) electrons. The monoisotopic (exact) mass is 298 g/mol. The van der Waals surface area contributed by atoms with Crippen LogP contribution >= 0.6 is 11.6 Å². The van der Waals surface area contributed by atoms with Gasteiger partial charge in [0.25, 0.3) is 0 Å². The minimum Gasteiger partial charge on any atom is -0.310 e. The lowest BCUT2D eigenvalue weighted by Gasteiger charge is -2.14. The van der Waals surface area contributed by atoms with E-state index in [9.17, 15) is 0 Å². The maximum Gasteiger partial charge on any atom is 0.0510 e. The number of hydrogen-bond donors (Lipinski definition) is 1. The minimum absolute atomic E-state index is 0.360. The Balaban J connectivity index is 1.58. The summed E-state index contributed by atoms with van der Waals surface area (Å²) in [6.07, 6.45) is 6.74. The molecule has 21 heavy (non-hydrogen) atoms. The SMILES string of the molecule is Clc1cc(CNC2CC2)ccc1C1CCc2cccnc21. The molecule has 1 atom stereocenters. The smallest absolute Gasteiger partial charge is 0.0510 e. The first kappa shape index (κ1) is 13.3. The van der Waals surface area contributed by atoms with Crippen molar-refractivity contribution in [3.05, 3.63) is 63.9 Å². The summed E-state index contributed by atoms with van der Waals surface area (Å²) in [5.74, 6) is 0.360. The topological polar surface area (TPSA) is 24.9 Å². The lowest BCUT2D eigenvalue weighted by molar-refractivity contribution is 0.687. The molecule has 1 saturated carbocycles. The maximum atomic E-state index is 6.55. The Morgan fingerprint density at radius 3 is 2.90 bits per heavy atom. The number of rotatable bonds is 4. The largest absolute Gasteiger partial charge is 0.310 e. The fraction of sp³-hybridized carbons (Fsp3) is 0.389. The molecule has 0 bridgehead atoms. The van der Waals surface area contributed by atoms with Crippen molar-refractivity contribution >= 4 is 11.6 Å². The Bertz CT molecular complexity index is 664. The van der Waals surface area contributed by atoms with Crippen LogP contribution in [0.3, 0.4) is 0 Å². The highest BCUT2D eigenvalue weighted by Crippen LogP contribution is 2.39. The molecule has 3 heteroatoms. The zero-order valence-electron chi connectivity index (χ0n) is 12.0. The number of halogens is 1. The van der Waals surface area contributed by atoms with E-state index in [2.05, 4.69) is 34.6 Å². The summed E-state index contributed by atoms with van der Waals surface area (Å²) in [5.41, 5.74) is 5.08. The third-order valence-electron chi connectivity index (χ3n) is 4.57. The molecule has 1 aromatic heterocycles. The molecule has 1 fully saturated rings. The van der Waals surface area contributed by atoms with Gasteiger partial charge in [-0.05, 0) is 54.5 Å². The van der Waals surface area contributed by atoms with E-state index in [4.69, 9.17) is 11.6 Å². The Morgan fingerprint density at radius 2 is 2.10 bits per heavy atom. The molecular formula is C18H19ClN2. The lowest BCUT2D eigenvalue weighted by atomic mass is 9.95. The van der Waals surface area contributed by atoms with Crippen LogP contribution in [0.5, 0.6) is 0 Å². The van der Waals surface area contributed by atoms with Crippen LogP contribution in [0.1, 0.15) is 47.6 Å². The van der Waals surface area contributed by atoms with Crippen molar-refractivity contribution in [3.8, 4) is 0 Å². The van der Waals surface area contributed by atoms with Crippen molar-refractivity contribution in [2.24, 2.45) is 0 Å². The average molecular weight is 299 g/mol. The number of pyridine rings is 1. The fourth-order valence-corrected chi connectivity index (χ4v) is 3.56. The van der Waals surface area contributed by atoms with E-state index < -0.39 is 0 Å². The van der Waals surface area contributed by atoms with Crippen LogP contribution < -0.4 is 5.32 Å². The van der Waals surface area contributed by atoms with Gasteiger partial charge in [-0.15, -0.1) is 0 Å². The van der Waals surface area contributed by atoms with E-state index in [1.54, 1.807) is 0 Å². The zero-order chi connectivity index (χ0) is 14.2. The van der Waals surface area contributed by atoms with Crippen LogP contribution in [0.4, 0.5) is 0 Å². The van der Waals surface area contributed by atoms with Crippen molar-refractivity contribution in [1.82, 2.24) is 10.3 Å². The van der Waals surface area contributed by atoms with Gasteiger partial charge in [-0.25, -0.2) is 0 Å². The van der Waals surface area contributed by atoms with Gasteiger partial charge in [0.05, 0.1) is 5.69 Å². The van der Waals surface area contributed by atoms with Crippen LogP contribution in [0, 0.1) is 0 Å². The standard InChI is InChI=1S/C18H19ClN2/c19-17-10-12(11-21-14-5-6-14)3-7-15(17)16-8-4-13-2-1-9-20-18(13)16/h1-3,7,9-10,14,16,21H,4-6,8,11H2. The van der Waals surface area contributed by atoms with Crippen molar-refractivity contribution in [1.29, 1.82) is 0 Å². The van der Waals surface area contributed by atoms with Crippen molar-refractivity contribution in [2.75, 3.05) is 0 Å². The summed E-state index contributed by atoms with van der Waals surface area (Å²) < 4.78 is 0. The number of fused-ring (bicyclic) bond motifs is 1. The van der Waals surface area contributed by atoms with Crippen molar-refractivity contribution < 1.29 is 0 Å². The Hall–Kier alpha value is -1.38. The van der Waals surface area contributed by atoms with Crippen LogP contribution in [0.25, 0.3) is 0 Å². The zero-order valence-corrected chi connectivity index (χ0v) is 12.7. The molecule has 1 heterocycles. The van der Waals surface area contributed by atoms with Crippen LogP contribution in [0.15, 0.2) is 36.5 Å². The van der Waals surface area contributed by atoms with E-state index >= 15 is 0 Å². The quantitative estimate of drug-likeness (QED) is 0.920. The predicted octanol–water partition coefficient (Wildman–Crippen LogP) is 4.07. The predicted molar refractivity (Wildman–Crippen MR) is 85.7 cm³/mol. The second kappa shape index (κ2) is 5.43. The van der Waals surface area contributed by atoms with E-state index in [1.807, 2.05) is 12.3 Å². The molecule has 1 unspecified atom stereocenters. The van der Waals surface area contributed by atoms with Gasteiger partial charge in [0.15, 0.2) is 0 Å². The first-order valence-electron chi connectivity index (χ1n) is 7.77. The first-order chi connectivity index (χ1) is 10.3. The Kier molecular flexibility index (Phi) is 3.44. The molecule has 0 saturated heterocycles. The van der Waals surface area contributed by atoms with Gasteiger partial charge < -0.3 is 5.32 Å². The molecule has 4 rings (SSSR count). The highest BCUT2D eigenvalue weighted by Gasteiger charge is 2.27. The highest BCUT2D eigenvalue weighted by molar-refractivity contribution is 6.31. The summed E-state index contributed by atoms with van der Waals surface area (Å²) in [7, 11) is 0. The molecule has 2 aliphatic rings. The molecule has 2 nitrogen and oxygen atoms in total. The Morgan fingerprint density at radius 1 is 1.19 bits per heavy atom. The van der Waals surface area contributed by atoms with E-state index in [0.29, 0.717) is 5.92 Å². The molecule has 2 aliphatic carbocycles. The van der Waals surface area contributed by atoms with Crippen LogP contribution in [-0.2, 0) is 13.0 Å². The van der Waals surface area contributed by atoms with Gasteiger partial charge in [0.1, 0.15) is 0 Å². The molecule has 2 aromatic rings. The second-order valence-corrected chi connectivity index (χ2v) is 6.56.